The first-order valence-corrected chi connectivity index (χ1v) is 7.69. The minimum atomic E-state index is 0.281. The standard InChI is InChI=1S/C13H15BrN2OS/c1-3-10(14)13-16-15-12(18-13)9-7-5-6-8-11(9)17-4-2/h5-8,10H,3-4H2,1-2H3. The third-order valence-corrected chi connectivity index (χ3v) is 4.94. The molecule has 5 heteroatoms. The van der Waals surface area contributed by atoms with Crippen LogP contribution in [0.15, 0.2) is 24.3 Å². The van der Waals surface area contributed by atoms with E-state index in [4.69, 9.17) is 4.74 Å². The van der Waals surface area contributed by atoms with Crippen LogP contribution in [0.25, 0.3) is 10.6 Å². The van der Waals surface area contributed by atoms with E-state index in [-0.39, 0.29) is 4.83 Å². The van der Waals surface area contributed by atoms with Gasteiger partial charge in [-0.3, -0.25) is 0 Å². The maximum Gasteiger partial charge on any atom is 0.151 e. The zero-order valence-corrected chi connectivity index (χ0v) is 12.8. The third-order valence-electron chi connectivity index (χ3n) is 2.48. The molecule has 2 rings (SSSR count). The van der Waals surface area contributed by atoms with Gasteiger partial charge in [-0.25, -0.2) is 0 Å². The monoisotopic (exact) mass is 326 g/mol. The molecule has 1 atom stereocenters. The molecule has 0 radical (unpaired) electrons. The van der Waals surface area contributed by atoms with E-state index in [1.807, 2.05) is 31.2 Å². The van der Waals surface area contributed by atoms with Crippen LogP contribution in [0.4, 0.5) is 0 Å². The van der Waals surface area contributed by atoms with Gasteiger partial charge in [-0.15, -0.1) is 10.2 Å². The fourth-order valence-corrected chi connectivity index (χ4v) is 2.88. The number of para-hydroxylation sites is 1. The van der Waals surface area contributed by atoms with Crippen LogP contribution in [-0.4, -0.2) is 16.8 Å². The van der Waals surface area contributed by atoms with Gasteiger partial charge in [0.2, 0.25) is 0 Å². The number of nitrogens with zero attached hydrogens (tertiary/aromatic N) is 2. The molecule has 1 aromatic heterocycles. The van der Waals surface area contributed by atoms with Crippen molar-refractivity contribution in [2.45, 2.75) is 25.1 Å². The van der Waals surface area contributed by atoms with E-state index in [2.05, 4.69) is 33.1 Å². The van der Waals surface area contributed by atoms with E-state index in [9.17, 15) is 0 Å². The highest BCUT2D eigenvalue weighted by Gasteiger charge is 2.15. The molecule has 0 saturated heterocycles. The minimum Gasteiger partial charge on any atom is -0.493 e. The minimum absolute atomic E-state index is 0.281. The van der Waals surface area contributed by atoms with E-state index < -0.39 is 0 Å². The first-order chi connectivity index (χ1) is 8.76. The summed E-state index contributed by atoms with van der Waals surface area (Å²) in [4.78, 5) is 0.281. The highest BCUT2D eigenvalue weighted by Crippen LogP contribution is 2.36. The van der Waals surface area contributed by atoms with Crippen LogP contribution in [0.3, 0.4) is 0 Å². The maximum absolute atomic E-state index is 5.61. The number of hydrogen-bond donors (Lipinski definition) is 0. The lowest BCUT2D eigenvalue weighted by Crippen LogP contribution is -1.93. The molecule has 0 saturated carbocycles. The van der Waals surface area contributed by atoms with Crippen molar-refractivity contribution < 1.29 is 4.74 Å². The van der Waals surface area contributed by atoms with Crippen LogP contribution in [0.1, 0.15) is 30.1 Å². The molecule has 0 aliphatic heterocycles. The molecule has 0 bridgehead atoms. The summed E-state index contributed by atoms with van der Waals surface area (Å²) in [5, 5.41) is 10.4. The molecule has 0 fully saturated rings. The van der Waals surface area contributed by atoms with Crippen molar-refractivity contribution >= 4 is 27.3 Å². The van der Waals surface area contributed by atoms with Crippen molar-refractivity contribution in [3.05, 3.63) is 29.3 Å². The second-order valence-corrected chi connectivity index (χ2v) is 5.86. The van der Waals surface area contributed by atoms with Gasteiger partial charge in [0.05, 0.1) is 17.0 Å². The lowest BCUT2D eigenvalue weighted by atomic mass is 10.2. The van der Waals surface area contributed by atoms with Gasteiger partial charge in [0.15, 0.2) is 5.01 Å². The normalized spacial score (nSPS) is 12.4. The molecular weight excluding hydrogens is 312 g/mol. The fraction of sp³-hybridized carbons (Fsp3) is 0.385. The van der Waals surface area contributed by atoms with E-state index in [1.165, 1.54) is 0 Å². The summed E-state index contributed by atoms with van der Waals surface area (Å²) < 4.78 is 5.61. The first-order valence-electron chi connectivity index (χ1n) is 5.95. The summed E-state index contributed by atoms with van der Waals surface area (Å²) in [6.07, 6.45) is 1.00. The van der Waals surface area contributed by atoms with Crippen molar-refractivity contribution in [3.8, 4) is 16.3 Å². The van der Waals surface area contributed by atoms with Gasteiger partial charge in [-0.05, 0) is 25.5 Å². The quantitative estimate of drug-likeness (QED) is 0.761. The summed E-state index contributed by atoms with van der Waals surface area (Å²) in [6, 6.07) is 7.94. The molecule has 0 aliphatic carbocycles. The second-order valence-electron chi connectivity index (χ2n) is 3.75. The Balaban J connectivity index is 2.33. The highest BCUT2D eigenvalue weighted by atomic mass is 79.9. The third kappa shape index (κ3) is 2.90. The summed E-state index contributed by atoms with van der Waals surface area (Å²) in [5.41, 5.74) is 1.01. The van der Waals surface area contributed by atoms with Crippen LogP contribution >= 0.6 is 27.3 Å². The number of aromatic nitrogens is 2. The molecule has 0 N–H and O–H groups in total. The SMILES string of the molecule is CCOc1ccccc1-c1nnc(C(Br)CC)s1. The summed E-state index contributed by atoms with van der Waals surface area (Å²) in [5.74, 6) is 0.866. The first kappa shape index (κ1) is 13.5. The molecule has 2 aromatic rings. The predicted molar refractivity (Wildman–Crippen MR) is 78.5 cm³/mol. The van der Waals surface area contributed by atoms with Crippen molar-refractivity contribution in [1.82, 2.24) is 10.2 Å². The van der Waals surface area contributed by atoms with Crippen molar-refractivity contribution in [2.24, 2.45) is 0 Å². The highest BCUT2D eigenvalue weighted by molar-refractivity contribution is 9.09. The molecular formula is C13H15BrN2OS. The van der Waals surface area contributed by atoms with Crippen molar-refractivity contribution in [2.75, 3.05) is 6.61 Å². The van der Waals surface area contributed by atoms with E-state index in [0.29, 0.717) is 6.61 Å². The second kappa shape index (κ2) is 6.29. The predicted octanol–water partition coefficient (Wildman–Crippen LogP) is 4.45. The Bertz CT molecular complexity index is 515. The lowest BCUT2D eigenvalue weighted by Gasteiger charge is -2.06. The van der Waals surface area contributed by atoms with E-state index in [0.717, 1.165) is 27.7 Å². The number of halogens is 1. The number of hydrogen-bond acceptors (Lipinski definition) is 4. The Kier molecular flexibility index (Phi) is 4.72. The molecule has 1 aromatic carbocycles. The summed E-state index contributed by atoms with van der Waals surface area (Å²) >= 11 is 5.21. The molecule has 0 aliphatic rings. The molecule has 0 spiro atoms. The zero-order valence-electron chi connectivity index (χ0n) is 10.4. The number of ether oxygens (including phenoxy) is 1. The van der Waals surface area contributed by atoms with Gasteiger partial charge in [0.1, 0.15) is 10.8 Å². The zero-order chi connectivity index (χ0) is 13.0. The van der Waals surface area contributed by atoms with E-state index in [1.54, 1.807) is 11.3 Å². The fourth-order valence-electron chi connectivity index (χ4n) is 1.57. The van der Waals surface area contributed by atoms with Gasteiger partial charge >= 0.3 is 0 Å². The van der Waals surface area contributed by atoms with Crippen molar-refractivity contribution in [3.63, 3.8) is 0 Å². The molecule has 3 nitrogen and oxygen atoms in total. The number of rotatable bonds is 5. The molecule has 18 heavy (non-hydrogen) atoms. The maximum atomic E-state index is 5.61. The van der Waals surface area contributed by atoms with Crippen molar-refractivity contribution in [1.29, 1.82) is 0 Å². The van der Waals surface area contributed by atoms with E-state index >= 15 is 0 Å². The molecule has 96 valence electrons. The lowest BCUT2D eigenvalue weighted by molar-refractivity contribution is 0.341. The Hall–Kier alpha value is -0.940. The summed E-state index contributed by atoms with van der Waals surface area (Å²) in [6.45, 7) is 4.75. The number of benzene rings is 1. The average Bonchev–Trinajstić information content (AvgIpc) is 2.88. The average molecular weight is 327 g/mol. The van der Waals surface area contributed by atoms with Gasteiger partial charge < -0.3 is 4.74 Å². The molecule has 1 unspecified atom stereocenters. The van der Waals surface area contributed by atoms with Crippen LogP contribution in [-0.2, 0) is 0 Å². The smallest absolute Gasteiger partial charge is 0.151 e. The number of alkyl halides is 1. The Morgan fingerprint density at radius 2 is 2.06 bits per heavy atom. The van der Waals surface area contributed by atoms with Crippen LogP contribution in [0, 0.1) is 0 Å². The Morgan fingerprint density at radius 1 is 1.28 bits per heavy atom. The van der Waals surface area contributed by atoms with Gasteiger partial charge in [-0.2, -0.15) is 0 Å². The Labute approximate surface area is 119 Å². The van der Waals surface area contributed by atoms with Crippen LogP contribution < -0.4 is 4.74 Å². The topological polar surface area (TPSA) is 35.0 Å². The van der Waals surface area contributed by atoms with Gasteiger partial charge in [0.25, 0.3) is 0 Å². The van der Waals surface area contributed by atoms with Crippen LogP contribution in [0.5, 0.6) is 5.75 Å². The molecule has 1 heterocycles. The molecule has 0 amide bonds. The van der Waals surface area contributed by atoms with Gasteiger partial charge in [-0.1, -0.05) is 46.3 Å². The van der Waals surface area contributed by atoms with Gasteiger partial charge in [0, 0.05) is 0 Å². The van der Waals surface area contributed by atoms with Crippen LogP contribution in [0.2, 0.25) is 0 Å². The largest absolute Gasteiger partial charge is 0.493 e. The Morgan fingerprint density at radius 3 is 2.78 bits per heavy atom. The summed E-state index contributed by atoms with van der Waals surface area (Å²) in [7, 11) is 0.